The highest BCUT2D eigenvalue weighted by atomic mass is 16.5. The van der Waals surface area contributed by atoms with E-state index in [0.717, 1.165) is 25.7 Å². The fourth-order valence-electron chi connectivity index (χ4n) is 4.49. The molecule has 2 aliphatic rings. The van der Waals surface area contributed by atoms with Gasteiger partial charge in [0, 0.05) is 13.0 Å². The Balaban J connectivity index is 1.43. The smallest absolute Gasteiger partial charge is 0.534 e. The molecule has 1 aromatic carbocycles. The van der Waals surface area contributed by atoms with E-state index in [9.17, 15) is 24.5 Å². The molecule has 0 bridgehead atoms. The van der Waals surface area contributed by atoms with Crippen molar-refractivity contribution in [3.8, 4) is 5.75 Å². The van der Waals surface area contributed by atoms with E-state index in [-0.39, 0.29) is 29.0 Å². The van der Waals surface area contributed by atoms with Gasteiger partial charge in [-0.15, -0.1) is 0 Å². The van der Waals surface area contributed by atoms with Crippen LogP contribution < -0.4 is 15.3 Å². The van der Waals surface area contributed by atoms with E-state index >= 15 is 0 Å². The largest absolute Gasteiger partial charge is 0.547 e. The van der Waals surface area contributed by atoms with Crippen molar-refractivity contribution in [1.29, 1.82) is 0 Å². The lowest BCUT2D eigenvalue weighted by Gasteiger charge is -2.31. The number of carboxylic acids is 1. The summed E-state index contributed by atoms with van der Waals surface area (Å²) in [4.78, 5) is 37.5. The first-order valence-corrected chi connectivity index (χ1v) is 11.1. The monoisotopic (exact) mass is 445 g/mol. The number of hydrogen-bond donors (Lipinski definition) is 4. The first-order valence-electron chi connectivity index (χ1n) is 11.1. The van der Waals surface area contributed by atoms with Crippen molar-refractivity contribution in [2.75, 3.05) is 27.2 Å². The SMILES string of the molecule is CN(C)CC(=O)NC[C@H]1CC[C@H](CC(=O)N[C@H]2Cc3cccc(C(=O)O)c3OB2O)CC1. The Hall–Kier alpha value is -2.59. The van der Waals surface area contributed by atoms with Gasteiger partial charge in [0.15, 0.2) is 0 Å². The Morgan fingerprint density at radius 1 is 1.12 bits per heavy atom. The number of benzene rings is 1. The van der Waals surface area contributed by atoms with Gasteiger partial charge in [-0.1, -0.05) is 12.1 Å². The van der Waals surface area contributed by atoms with Crippen LogP contribution >= 0.6 is 0 Å². The Labute approximate surface area is 188 Å². The molecule has 2 amide bonds. The average molecular weight is 445 g/mol. The van der Waals surface area contributed by atoms with Gasteiger partial charge in [0.1, 0.15) is 5.75 Å². The van der Waals surface area contributed by atoms with Gasteiger partial charge in [-0.2, -0.15) is 0 Å². The Morgan fingerprint density at radius 2 is 1.81 bits per heavy atom. The molecule has 1 atom stereocenters. The maximum atomic E-state index is 12.6. The number of fused-ring (bicyclic) bond motifs is 1. The van der Waals surface area contributed by atoms with Gasteiger partial charge in [0.25, 0.3) is 0 Å². The molecule has 174 valence electrons. The summed E-state index contributed by atoms with van der Waals surface area (Å²) in [7, 11) is 2.43. The van der Waals surface area contributed by atoms with Crippen LogP contribution in [0.3, 0.4) is 0 Å². The van der Waals surface area contributed by atoms with Gasteiger partial charge in [-0.3, -0.25) is 9.59 Å². The molecule has 0 saturated heterocycles. The minimum atomic E-state index is -1.30. The fourth-order valence-corrected chi connectivity index (χ4v) is 4.49. The van der Waals surface area contributed by atoms with Crippen LogP contribution in [-0.4, -0.2) is 73.1 Å². The van der Waals surface area contributed by atoms with E-state index in [1.165, 1.54) is 6.07 Å². The minimum absolute atomic E-state index is 0.000917. The number of likely N-dealkylation sites (N-methyl/N-ethyl adjacent to an activating group) is 1. The van der Waals surface area contributed by atoms with Crippen molar-refractivity contribution in [3.63, 3.8) is 0 Å². The number of para-hydroxylation sites is 1. The standard InChI is InChI=1S/C22H32BN3O6/c1-26(2)13-20(28)24-12-15-8-6-14(7-9-15)10-19(27)25-18-11-16-4-3-5-17(22(29)30)21(16)32-23(18)31/h3-5,14-15,18,31H,6-13H2,1-2H3,(H,24,28)(H,25,27)(H,29,30)/t14-,15-,18-/m0/s1. The van der Waals surface area contributed by atoms with E-state index < -0.39 is 19.0 Å². The third-order valence-corrected chi connectivity index (χ3v) is 6.18. The van der Waals surface area contributed by atoms with Crippen LogP contribution in [-0.2, 0) is 16.0 Å². The van der Waals surface area contributed by atoms with Crippen LogP contribution in [0.15, 0.2) is 18.2 Å². The number of hydrogen-bond acceptors (Lipinski definition) is 6. The van der Waals surface area contributed by atoms with Crippen molar-refractivity contribution in [2.45, 2.75) is 44.5 Å². The van der Waals surface area contributed by atoms with E-state index in [4.69, 9.17) is 4.65 Å². The second-order valence-electron chi connectivity index (χ2n) is 9.12. The molecule has 0 spiro atoms. The molecule has 1 heterocycles. The van der Waals surface area contributed by atoms with Crippen LogP contribution in [0.2, 0.25) is 0 Å². The number of carbonyl (C=O) groups is 3. The molecule has 1 aliphatic heterocycles. The maximum absolute atomic E-state index is 12.6. The van der Waals surface area contributed by atoms with E-state index in [1.807, 2.05) is 19.0 Å². The van der Waals surface area contributed by atoms with Crippen molar-refractivity contribution in [3.05, 3.63) is 29.3 Å². The summed E-state index contributed by atoms with van der Waals surface area (Å²) in [6, 6.07) is 4.80. The first-order chi connectivity index (χ1) is 15.2. The lowest BCUT2D eigenvalue weighted by molar-refractivity contribution is -0.122. The second kappa shape index (κ2) is 10.8. The number of nitrogens with one attached hydrogen (secondary N) is 2. The number of amides is 2. The molecule has 1 saturated carbocycles. The molecule has 0 radical (unpaired) electrons. The van der Waals surface area contributed by atoms with E-state index in [2.05, 4.69) is 10.6 Å². The second-order valence-corrected chi connectivity index (χ2v) is 9.12. The highest BCUT2D eigenvalue weighted by Gasteiger charge is 2.38. The third kappa shape index (κ3) is 6.46. The summed E-state index contributed by atoms with van der Waals surface area (Å²) < 4.78 is 5.43. The minimum Gasteiger partial charge on any atom is -0.534 e. The highest BCUT2D eigenvalue weighted by Crippen LogP contribution is 2.32. The van der Waals surface area contributed by atoms with Crippen LogP contribution in [0.1, 0.15) is 48.0 Å². The molecule has 1 aliphatic carbocycles. The number of aromatic carboxylic acids is 1. The van der Waals surface area contributed by atoms with Gasteiger partial charge < -0.3 is 30.3 Å². The summed E-state index contributed by atoms with van der Waals surface area (Å²) in [6.45, 7) is 1.06. The Kier molecular flexibility index (Phi) is 8.14. The van der Waals surface area contributed by atoms with Crippen LogP contribution in [0.25, 0.3) is 0 Å². The molecule has 3 rings (SSSR count). The number of rotatable bonds is 8. The van der Waals surface area contributed by atoms with Crippen LogP contribution in [0.4, 0.5) is 0 Å². The lowest BCUT2D eigenvalue weighted by atomic mass is 9.72. The first kappa shape index (κ1) is 24.1. The van der Waals surface area contributed by atoms with Gasteiger partial charge >= 0.3 is 13.1 Å². The third-order valence-electron chi connectivity index (χ3n) is 6.18. The molecular weight excluding hydrogens is 413 g/mol. The fraction of sp³-hybridized carbons (Fsp3) is 0.591. The molecule has 0 unspecified atom stereocenters. The predicted octanol–water partition coefficient (Wildman–Crippen LogP) is 0.699. The summed E-state index contributed by atoms with van der Waals surface area (Å²) in [5.74, 6) is -0.981. The Morgan fingerprint density at radius 3 is 2.47 bits per heavy atom. The molecule has 1 fully saturated rings. The molecular formula is C22H32BN3O6. The summed E-state index contributed by atoms with van der Waals surface area (Å²) in [6.07, 6.45) is 4.49. The zero-order valence-electron chi connectivity index (χ0n) is 18.7. The van der Waals surface area contributed by atoms with Crippen LogP contribution in [0.5, 0.6) is 5.75 Å². The summed E-state index contributed by atoms with van der Waals surface area (Å²) in [5.41, 5.74) is 0.651. The van der Waals surface area contributed by atoms with Crippen molar-refractivity contribution in [2.24, 2.45) is 11.8 Å². The zero-order valence-corrected chi connectivity index (χ0v) is 18.7. The topological polar surface area (TPSA) is 128 Å². The van der Waals surface area contributed by atoms with Crippen molar-refractivity contribution in [1.82, 2.24) is 15.5 Å². The highest BCUT2D eigenvalue weighted by molar-refractivity contribution is 6.47. The van der Waals surface area contributed by atoms with Crippen LogP contribution in [0, 0.1) is 11.8 Å². The van der Waals surface area contributed by atoms with Gasteiger partial charge in [-0.05, 0) is 69.7 Å². The summed E-state index contributed by atoms with van der Waals surface area (Å²) >= 11 is 0. The normalized spacial score (nSPS) is 22.6. The number of carbonyl (C=O) groups excluding carboxylic acids is 2. The Bertz CT molecular complexity index is 841. The maximum Gasteiger partial charge on any atom is 0.547 e. The molecule has 1 aromatic rings. The zero-order chi connectivity index (χ0) is 23.3. The molecule has 0 aromatic heterocycles. The van der Waals surface area contributed by atoms with Gasteiger partial charge in [0.05, 0.1) is 18.0 Å². The van der Waals surface area contributed by atoms with E-state index in [0.29, 0.717) is 37.4 Å². The van der Waals surface area contributed by atoms with Gasteiger partial charge in [0.2, 0.25) is 11.8 Å². The molecule has 32 heavy (non-hydrogen) atoms. The van der Waals surface area contributed by atoms with Gasteiger partial charge in [-0.25, -0.2) is 4.79 Å². The predicted molar refractivity (Wildman–Crippen MR) is 119 cm³/mol. The average Bonchev–Trinajstić information content (AvgIpc) is 2.72. The lowest BCUT2D eigenvalue weighted by Crippen LogP contribution is -2.53. The number of nitrogens with zero attached hydrogens (tertiary/aromatic N) is 1. The number of carboxylic acid groups (broad SMARTS) is 1. The van der Waals surface area contributed by atoms with E-state index in [1.54, 1.807) is 12.1 Å². The quantitative estimate of drug-likeness (QED) is 0.434. The summed E-state index contributed by atoms with van der Waals surface area (Å²) in [5, 5.41) is 25.4. The molecule has 9 nitrogen and oxygen atoms in total. The molecule has 4 N–H and O–H groups in total. The van der Waals surface area contributed by atoms with Crippen molar-refractivity contribution < 1.29 is 29.2 Å². The molecule has 10 heteroatoms. The van der Waals surface area contributed by atoms with Crippen molar-refractivity contribution >= 4 is 24.9 Å².